The maximum absolute atomic E-state index is 6.19. The van der Waals surface area contributed by atoms with Crippen LogP contribution in [0.1, 0.15) is 37.5 Å². The second-order valence-corrected chi connectivity index (χ2v) is 7.97. The first-order chi connectivity index (χ1) is 8.13. The fraction of sp³-hybridized carbons (Fsp3) is 0.692. The Labute approximate surface area is 121 Å². The lowest BCUT2D eigenvalue weighted by molar-refractivity contribution is 0.216. The Morgan fingerprint density at radius 3 is 2.71 bits per heavy atom. The van der Waals surface area contributed by atoms with Crippen molar-refractivity contribution in [1.82, 2.24) is 5.32 Å². The lowest BCUT2D eigenvalue weighted by atomic mass is 9.78. The molecule has 1 aliphatic carbocycles. The molecule has 1 nitrogen and oxygen atoms in total. The van der Waals surface area contributed by atoms with Crippen LogP contribution in [-0.4, -0.2) is 11.4 Å². The molecule has 0 radical (unpaired) electrons. The van der Waals surface area contributed by atoms with E-state index in [2.05, 4.69) is 40.3 Å². The van der Waals surface area contributed by atoms with Crippen molar-refractivity contribution in [2.75, 3.05) is 5.88 Å². The van der Waals surface area contributed by atoms with Crippen molar-refractivity contribution < 1.29 is 0 Å². The van der Waals surface area contributed by atoms with Gasteiger partial charge in [0.1, 0.15) is 0 Å². The van der Waals surface area contributed by atoms with Gasteiger partial charge in [-0.3, -0.25) is 0 Å². The molecule has 0 bridgehead atoms. The van der Waals surface area contributed by atoms with Gasteiger partial charge in [-0.05, 0) is 59.7 Å². The Balaban J connectivity index is 1.91. The van der Waals surface area contributed by atoms with E-state index in [1.165, 1.54) is 34.3 Å². The highest BCUT2D eigenvalue weighted by Gasteiger charge is 2.32. The van der Waals surface area contributed by atoms with E-state index in [1.807, 2.05) is 0 Å². The monoisotopic (exact) mass is 335 g/mol. The molecule has 0 spiro atoms. The fourth-order valence-electron chi connectivity index (χ4n) is 2.39. The molecule has 0 aliphatic heterocycles. The lowest BCUT2D eigenvalue weighted by Gasteiger charge is -2.39. The van der Waals surface area contributed by atoms with Crippen LogP contribution in [0.25, 0.3) is 0 Å². The molecule has 1 saturated carbocycles. The quantitative estimate of drug-likeness (QED) is 0.780. The topological polar surface area (TPSA) is 12.0 Å². The third kappa shape index (κ3) is 3.69. The molecule has 0 unspecified atom stereocenters. The third-order valence-electron chi connectivity index (χ3n) is 3.75. The van der Waals surface area contributed by atoms with Crippen LogP contribution in [0, 0.1) is 5.92 Å². The zero-order valence-electron chi connectivity index (χ0n) is 10.1. The highest BCUT2D eigenvalue weighted by atomic mass is 79.9. The number of thiophene rings is 1. The second kappa shape index (κ2) is 6.05. The maximum atomic E-state index is 6.19. The molecule has 0 atom stereocenters. The summed E-state index contributed by atoms with van der Waals surface area (Å²) in [5.41, 5.74) is 0.171. The highest BCUT2D eigenvalue weighted by Crippen LogP contribution is 2.33. The number of nitrogens with one attached hydrogen (secondary N) is 1. The average molecular weight is 337 g/mol. The first kappa shape index (κ1) is 13.9. The number of halogens is 2. The van der Waals surface area contributed by atoms with Gasteiger partial charge in [-0.15, -0.1) is 22.9 Å². The van der Waals surface area contributed by atoms with Gasteiger partial charge in [0.25, 0.3) is 0 Å². The minimum Gasteiger partial charge on any atom is -0.305 e. The van der Waals surface area contributed by atoms with E-state index < -0.39 is 0 Å². The summed E-state index contributed by atoms with van der Waals surface area (Å²) in [6.45, 7) is 3.28. The molecule has 96 valence electrons. The van der Waals surface area contributed by atoms with E-state index in [1.54, 1.807) is 11.3 Å². The Morgan fingerprint density at radius 2 is 2.18 bits per heavy atom. The van der Waals surface area contributed by atoms with Gasteiger partial charge < -0.3 is 5.32 Å². The van der Waals surface area contributed by atoms with Crippen LogP contribution in [0.5, 0.6) is 0 Å². The molecule has 0 aromatic carbocycles. The lowest BCUT2D eigenvalue weighted by Crippen LogP contribution is -2.48. The van der Waals surface area contributed by atoms with Crippen LogP contribution >= 0.6 is 38.9 Å². The van der Waals surface area contributed by atoms with E-state index in [9.17, 15) is 0 Å². The second-order valence-electron chi connectivity index (χ2n) is 5.16. The largest absolute Gasteiger partial charge is 0.305 e. The van der Waals surface area contributed by atoms with Crippen molar-refractivity contribution in [1.29, 1.82) is 0 Å². The van der Waals surface area contributed by atoms with Crippen molar-refractivity contribution in [2.45, 2.75) is 44.7 Å². The Hall–Kier alpha value is 0.430. The summed E-state index contributed by atoms with van der Waals surface area (Å²) < 4.78 is 1.20. The van der Waals surface area contributed by atoms with E-state index in [0.717, 1.165) is 18.3 Å². The van der Waals surface area contributed by atoms with Gasteiger partial charge in [-0.2, -0.15) is 0 Å². The highest BCUT2D eigenvalue weighted by molar-refractivity contribution is 9.11. The summed E-state index contributed by atoms with van der Waals surface area (Å²) in [5.74, 6) is 1.59. The van der Waals surface area contributed by atoms with Crippen molar-refractivity contribution in [2.24, 2.45) is 5.92 Å². The molecular weight excluding hydrogens is 318 g/mol. The molecule has 1 N–H and O–H groups in total. The van der Waals surface area contributed by atoms with Gasteiger partial charge in [0, 0.05) is 22.8 Å². The molecule has 1 aromatic heterocycles. The van der Waals surface area contributed by atoms with Crippen molar-refractivity contribution in [3.05, 3.63) is 20.8 Å². The SMILES string of the molecule is CC1CCC(CCl)(NCc2ccc(Br)s2)CC1. The molecular formula is C13H19BrClNS. The van der Waals surface area contributed by atoms with Gasteiger partial charge >= 0.3 is 0 Å². The number of rotatable bonds is 4. The van der Waals surface area contributed by atoms with Crippen molar-refractivity contribution in [3.63, 3.8) is 0 Å². The Kier molecular flexibility index (Phi) is 4.93. The summed E-state index contributed by atoms with van der Waals surface area (Å²) in [7, 11) is 0. The number of alkyl halides is 1. The molecule has 0 amide bonds. The molecule has 1 heterocycles. The number of hydrogen-bond acceptors (Lipinski definition) is 2. The molecule has 1 fully saturated rings. The Bertz CT molecular complexity index is 358. The summed E-state index contributed by atoms with van der Waals surface area (Å²) in [5, 5.41) is 3.69. The van der Waals surface area contributed by atoms with E-state index >= 15 is 0 Å². The molecule has 2 rings (SSSR count). The van der Waals surface area contributed by atoms with Gasteiger partial charge in [-0.25, -0.2) is 0 Å². The molecule has 0 saturated heterocycles. The molecule has 4 heteroatoms. The van der Waals surface area contributed by atoms with Crippen molar-refractivity contribution in [3.8, 4) is 0 Å². The molecule has 1 aliphatic rings. The van der Waals surface area contributed by atoms with Gasteiger partial charge in [0.15, 0.2) is 0 Å². The first-order valence-electron chi connectivity index (χ1n) is 6.19. The first-order valence-corrected chi connectivity index (χ1v) is 8.33. The summed E-state index contributed by atoms with van der Waals surface area (Å²) in [4.78, 5) is 1.37. The normalized spacial score (nSPS) is 29.5. The maximum Gasteiger partial charge on any atom is 0.0701 e. The summed E-state index contributed by atoms with van der Waals surface area (Å²) in [6, 6.07) is 4.28. The van der Waals surface area contributed by atoms with Crippen LogP contribution in [-0.2, 0) is 6.54 Å². The predicted molar refractivity (Wildman–Crippen MR) is 79.9 cm³/mol. The van der Waals surface area contributed by atoms with Crippen LogP contribution < -0.4 is 5.32 Å². The van der Waals surface area contributed by atoms with Crippen LogP contribution in [0.2, 0.25) is 0 Å². The minimum absolute atomic E-state index is 0.171. The van der Waals surface area contributed by atoms with Gasteiger partial charge in [-0.1, -0.05) is 6.92 Å². The third-order valence-corrected chi connectivity index (χ3v) is 5.89. The van der Waals surface area contributed by atoms with Crippen LogP contribution in [0.3, 0.4) is 0 Å². The van der Waals surface area contributed by atoms with Gasteiger partial charge in [0.05, 0.1) is 3.79 Å². The van der Waals surface area contributed by atoms with E-state index in [0.29, 0.717) is 0 Å². The summed E-state index contributed by atoms with van der Waals surface area (Å²) in [6.07, 6.45) is 5.02. The number of hydrogen-bond donors (Lipinski definition) is 1. The zero-order valence-corrected chi connectivity index (χ0v) is 13.3. The van der Waals surface area contributed by atoms with Crippen LogP contribution in [0.4, 0.5) is 0 Å². The van der Waals surface area contributed by atoms with E-state index in [4.69, 9.17) is 11.6 Å². The fourth-order valence-corrected chi connectivity index (χ4v) is 4.18. The minimum atomic E-state index is 0.171. The predicted octanol–water partition coefficient (Wildman–Crippen LogP) is 4.79. The molecule has 1 aromatic rings. The standard InChI is InChI=1S/C13H19BrClNS/c1-10-4-6-13(9-15,7-5-10)16-8-11-2-3-12(14)17-11/h2-3,10,16H,4-9H2,1H3. The smallest absolute Gasteiger partial charge is 0.0701 e. The van der Waals surface area contributed by atoms with Crippen LogP contribution in [0.15, 0.2) is 15.9 Å². The van der Waals surface area contributed by atoms with Crippen molar-refractivity contribution >= 4 is 38.9 Å². The molecule has 17 heavy (non-hydrogen) atoms. The summed E-state index contributed by atoms with van der Waals surface area (Å²) >= 11 is 11.5. The average Bonchev–Trinajstić information content (AvgIpc) is 2.75. The Morgan fingerprint density at radius 1 is 1.47 bits per heavy atom. The zero-order chi connectivity index (χ0) is 12.3. The van der Waals surface area contributed by atoms with Gasteiger partial charge in [0.2, 0.25) is 0 Å². The van der Waals surface area contributed by atoms with E-state index in [-0.39, 0.29) is 5.54 Å².